The summed E-state index contributed by atoms with van der Waals surface area (Å²) in [6.07, 6.45) is 0. The standard InChI is InChI=1S/C16H15FN2S/c1-3-20-16-6-4-5-15(14(16)11-18)19(2)13-9-7-12(17)8-10-13/h4-10H,3H2,1-2H3. The van der Waals surface area contributed by atoms with Crippen LogP contribution in [0.15, 0.2) is 47.4 Å². The van der Waals surface area contributed by atoms with Crippen LogP contribution in [0.25, 0.3) is 0 Å². The van der Waals surface area contributed by atoms with Gasteiger partial charge in [0.25, 0.3) is 0 Å². The van der Waals surface area contributed by atoms with E-state index in [1.54, 1.807) is 23.9 Å². The Morgan fingerprint density at radius 3 is 2.50 bits per heavy atom. The summed E-state index contributed by atoms with van der Waals surface area (Å²) < 4.78 is 13.0. The fourth-order valence-electron chi connectivity index (χ4n) is 1.99. The van der Waals surface area contributed by atoms with Gasteiger partial charge in [0.2, 0.25) is 0 Å². The summed E-state index contributed by atoms with van der Waals surface area (Å²) in [5.41, 5.74) is 2.34. The molecule has 0 aliphatic heterocycles. The van der Waals surface area contributed by atoms with Crippen molar-refractivity contribution in [3.8, 4) is 6.07 Å². The van der Waals surface area contributed by atoms with Crippen molar-refractivity contribution >= 4 is 23.1 Å². The minimum Gasteiger partial charge on any atom is -0.344 e. The third-order valence-corrected chi connectivity index (χ3v) is 3.93. The molecule has 0 bridgehead atoms. The fraction of sp³-hybridized carbons (Fsp3) is 0.188. The minimum absolute atomic E-state index is 0.266. The molecular weight excluding hydrogens is 271 g/mol. The highest BCUT2D eigenvalue weighted by Gasteiger charge is 2.13. The lowest BCUT2D eigenvalue weighted by Crippen LogP contribution is -2.11. The molecule has 0 radical (unpaired) electrons. The van der Waals surface area contributed by atoms with E-state index in [9.17, 15) is 9.65 Å². The molecular formula is C16H15FN2S. The maximum Gasteiger partial charge on any atom is 0.123 e. The lowest BCUT2D eigenvalue weighted by molar-refractivity contribution is 0.628. The highest BCUT2D eigenvalue weighted by atomic mass is 32.2. The van der Waals surface area contributed by atoms with E-state index in [2.05, 4.69) is 13.0 Å². The van der Waals surface area contributed by atoms with Crippen LogP contribution in [0.2, 0.25) is 0 Å². The van der Waals surface area contributed by atoms with Gasteiger partial charge in [-0.3, -0.25) is 0 Å². The van der Waals surface area contributed by atoms with Gasteiger partial charge in [0, 0.05) is 17.6 Å². The van der Waals surface area contributed by atoms with E-state index in [1.807, 2.05) is 30.1 Å². The number of benzene rings is 2. The first-order valence-corrected chi connectivity index (χ1v) is 7.31. The fourth-order valence-corrected chi connectivity index (χ4v) is 2.77. The summed E-state index contributed by atoms with van der Waals surface area (Å²) in [7, 11) is 1.88. The van der Waals surface area contributed by atoms with Crippen LogP contribution in [0.1, 0.15) is 12.5 Å². The first-order valence-electron chi connectivity index (χ1n) is 6.32. The number of hydrogen-bond acceptors (Lipinski definition) is 3. The Balaban J connectivity index is 2.44. The maximum atomic E-state index is 13.0. The van der Waals surface area contributed by atoms with Gasteiger partial charge in [-0.1, -0.05) is 13.0 Å². The van der Waals surface area contributed by atoms with Crippen LogP contribution >= 0.6 is 11.8 Å². The Morgan fingerprint density at radius 2 is 1.90 bits per heavy atom. The summed E-state index contributed by atoms with van der Waals surface area (Å²) in [5, 5.41) is 9.42. The van der Waals surface area contributed by atoms with Crippen LogP contribution in [-0.2, 0) is 0 Å². The van der Waals surface area contributed by atoms with Gasteiger partial charge in [0.1, 0.15) is 11.9 Å². The summed E-state index contributed by atoms with van der Waals surface area (Å²) in [6, 6.07) is 14.3. The Labute approximate surface area is 122 Å². The van der Waals surface area contributed by atoms with Crippen LogP contribution in [0.4, 0.5) is 15.8 Å². The molecule has 2 aromatic carbocycles. The van der Waals surface area contributed by atoms with Gasteiger partial charge >= 0.3 is 0 Å². The van der Waals surface area contributed by atoms with E-state index in [0.717, 1.165) is 22.0 Å². The lowest BCUT2D eigenvalue weighted by Gasteiger charge is -2.21. The second-order valence-electron chi connectivity index (χ2n) is 4.23. The molecule has 0 aliphatic rings. The van der Waals surface area contributed by atoms with Crippen molar-refractivity contribution in [3.63, 3.8) is 0 Å². The maximum absolute atomic E-state index is 13.0. The first-order chi connectivity index (χ1) is 9.67. The van der Waals surface area contributed by atoms with Crippen molar-refractivity contribution in [3.05, 3.63) is 53.8 Å². The predicted molar refractivity (Wildman–Crippen MR) is 82.0 cm³/mol. The molecule has 2 rings (SSSR count). The second-order valence-corrected chi connectivity index (χ2v) is 5.54. The van der Waals surface area contributed by atoms with E-state index in [4.69, 9.17) is 0 Å². The van der Waals surface area contributed by atoms with Gasteiger partial charge in [-0.05, 0) is 42.2 Å². The predicted octanol–water partition coefficient (Wildman–Crippen LogP) is 4.58. The number of anilines is 2. The zero-order valence-electron chi connectivity index (χ0n) is 11.4. The lowest BCUT2D eigenvalue weighted by atomic mass is 10.1. The van der Waals surface area contributed by atoms with Crippen molar-refractivity contribution < 1.29 is 4.39 Å². The molecule has 102 valence electrons. The Hall–Kier alpha value is -1.99. The van der Waals surface area contributed by atoms with E-state index in [0.29, 0.717) is 5.56 Å². The third-order valence-electron chi connectivity index (χ3n) is 2.99. The molecule has 0 N–H and O–H groups in total. The topological polar surface area (TPSA) is 27.0 Å². The molecule has 0 atom stereocenters. The van der Waals surface area contributed by atoms with Crippen LogP contribution in [0, 0.1) is 17.1 Å². The molecule has 0 fully saturated rings. The molecule has 2 nitrogen and oxygen atoms in total. The molecule has 0 unspecified atom stereocenters. The molecule has 0 saturated carbocycles. The Kier molecular flexibility index (Phi) is 4.65. The van der Waals surface area contributed by atoms with Crippen LogP contribution in [-0.4, -0.2) is 12.8 Å². The molecule has 0 aliphatic carbocycles. The molecule has 0 amide bonds. The molecule has 0 aromatic heterocycles. The number of rotatable bonds is 4. The molecule has 0 heterocycles. The number of thioether (sulfide) groups is 1. The normalized spacial score (nSPS) is 10.1. The summed E-state index contributed by atoms with van der Waals surface area (Å²) in [4.78, 5) is 2.87. The van der Waals surface area contributed by atoms with Crippen molar-refractivity contribution in [2.45, 2.75) is 11.8 Å². The number of nitriles is 1. The monoisotopic (exact) mass is 286 g/mol. The van der Waals surface area contributed by atoms with Crippen molar-refractivity contribution in [2.75, 3.05) is 17.7 Å². The van der Waals surface area contributed by atoms with Crippen LogP contribution < -0.4 is 4.90 Å². The first kappa shape index (κ1) is 14.4. The van der Waals surface area contributed by atoms with Gasteiger partial charge in [0.05, 0.1) is 11.3 Å². The summed E-state index contributed by atoms with van der Waals surface area (Å²) in [6.45, 7) is 2.06. The van der Waals surface area contributed by atoms with Crippen molar-refractivity contribution in [1.29, 1.82) is 5.26 Å². The zero-order valence-corrected chi connectivity index (χ0v) is 12.2. The van der Waals surface area contributed by atoms with Crippen molar-refractivity contribution in [1.82, 2.24) is 0 Å². The minimum atomic E-state index is -0.266. The summed E-state index contributed by atoms with van der Waals surface area (Å²) in [5.74, 6) is 0.649. The number of nitrogens with zero attached hydrogens (tertiary/aromatic N) is 2. The van der Waals surface area contributed by atoms with E-state index < -0.39 is 0 Å². The number of halogens is 1. The molecule has 4 heteroatoms. The highest BCUT2D eigenvalue weighted by Crippen LogP contribution is 2.33. The average molecular weight is 286 g/mol. The van der Waals surface area contributed by atoms with Crippen molar-refractivity contribution in [2.24, 2.45) is 0 Å². The second kappa shape index (κ2) is 6.44. The van der Waals surface area contributed by atoms with Gasteiger partial charge in [0.15, 0.2) is 0 Å². The average Bonchev–Trinajstić information content (AvgIpc) is 2.47. The smallest absolute Gasteiger partial charge is 0.123 e. The Morgan fingerprint density at radius 1 is 1.20 bits per heavy atom. The Bertz CT molecular complexity index is 632. The summed E-state index contributed by atoms with van der Waals surface area (Å²) >= 11 is 1.65. The van der Waals surface area contributed by atoms with E-state index in [-0.39, 0.29) is 5.82 Å². The highest BCUT2D eigenvalue weighted by molar-refractivity contribution is 7.99. The molecule has 2 aromatic rings. The zero-order chi connectivity index (χ0) is 14.5. The van der Waals surface area contributed by atoms with Gasteiger partial charge in [-0.2, -0.15) is 5.26 Å². The third kappa shape index (κ3) is 2.94. The van der Waals surface area contributed by atoms with E-state index >= 15 is 0 Å². The van der Waals surface area contributed by atoms with Gasteiger partial charge < -0.3 is 4.90 Å². The molecule has 20 heavy (non-hydrogen) atoms. The molecule has 0 spiro atoms. The van der Waals surface area contributed by atoms with E-state index in [1.165, 1.54) is 12.1 Å². The quantitative estimate of drug-likeness (QED) is 0.770. The largest absolute Gasteiger partial charge is 0.344 e. The SMILES string of the molecule is CCSc1cccc(N(C)c2ccc(F)cc2)c1C#N. The van der Waals surface area contributed by atoms with Gasteiger partial charge in [-0.25, -0.2) is 4.39 Å². The molecule has 0 saturated heterocycles. The van der Waals surface area contributed by atoms with Crippen LogP contribution in [0.3, 0.4) is 0 Å². The van der Waals surface area contributed by atoms with Gasteiger partial charge in [-0.15, -0.1) is 11.8 Å². The number of hydrogen-bond donors (Lipinski definition) is 0. The van der Waals surface area contributed by atoms with Crippen LogP contribution in [0.5, 0.6) is 0 Å².